The van der Waals surface area contributed by atoms with E-state index in [1.807, 2.05) is 0 Å². The highest BCUT2D eigenvalue weighted by Crippen LogP contribution is 2.16. The van der Waals surface area contributed by atoms with E-state index in [9.17, 15) is 0 Å². The zero-order valence-electron chi connectivity index (χ0n) is 9.54. The molecule has 1 rings (SSSR count). The van der Waals surface area contributed by atoms with Crippen LogP contribution in [-0.4, -0.2) is 6.54 Å². The molecule has 1 unspecified atom stereocenters. The highest BCUT2D eigenvalue weighted by Gasteiger charge is 2.03. The van der Waals surface area contributed by atoms with Gasteiger partial charge in [-0.3, -0.25) is 0 Å². The minimum absolute atomic E-state index is 0.371. The van der Waals surface area contributed by atoms with Crippen LogP contribution in [0, 0.1) is 11.3 Å². The molecule has 1 N–H and O–H groups in total. The first-order valence-electron chi connectivity index (χ1n) is 5.60. The molecule has 0 spiro atoms. The van der Waals surface area contributed by atoms with Crippen LogP contribution in [0.5, 0.6) is 0 Å². The largest absolute Gasteiger partial charge is 0.310 e. The fourth-order valence-electron chi connectivity index (χ4n) is 1.52. The summed E-state index contributed by atoms with van der Waals surface area (Å²) in [6.07, 6.45) is 2.71. The van der Waals surface area contributed by atoms with Crippen molar-refractivity contribution in [1.29, 1.82) is 5.26 Å². The molecule has 2 nitrogen and oxygen atoms in total. The third-order valence-corrected chi connectivity index (χ3v) is 3.06. The molecule has 16 heavy (non-hydrogen) atoms. The SMILES string of the molecule is CC(NCCCCC#N)c1ccc(Br)cc1. The monoisotopic (exact) mass is 280 g/mol. The maximum absolute atomic E-state index is 8.40. The lowest BCUT2D eigenvalue weighted by Crippen LogP contribution is -2.19. The molecule has 0 bridgehead atoms. The van der Waals surface area contributed by atoms with Crippen molar-refractivity contribution in [1.82, 2.24) is 5.32 Å². The average molecular weight is 281 g/mol. The summed E-state index contributed by atoms with van der Waals surface area (Å²) in [5, 5.41) is 11.9. The Kier molecular flexibility index (Phi) is 6.14. The summed E-state index contributed by atoms with van der Waals surface area (Å²) in [6.45, 7) is 3.13. The molecule has 1 aromatic rings. The zero-order chi connectivity index (χ0) is 11.8. The maximum atomic E-state index is 8.40. The summed E-state index contributed by atoms with van der Waals surface area (Å²) in [5.41, 5.74) is 1.29. The lowest BCUT2D eigenvalue weighted by atomic mass is 10.1. The van der Waals surface area contributed by atoms with Crippen molar-refractivity contribution in [2.75, 3.05) is 6.54 Å². The van der Waals surface area contributed by atoms with Crippen LogP contribution in [0.4, 0.5) is 0 Å². The molecule has 1 atom stereocenters. The lowest BCUT2D eigenvalue weighted by molar-refractivity contribution is 0.549. The first-order valence-corrected chi connectivity index (χ1v) is 6.39. The van der Waals surface area contributed by atoms with Crippen LogP contribution in [0.15, 0.2) is 28.7 Å². The van der Waals surface area contributed by atoms with Crippen LogP contribution in [0.1, 0.15) is 37.8 Å². The minimum atomic E-state index is 0.371. The standard InChI is InChI=1S/C13H17BrN2/c1-11(16-10-4-2-3-9-15)12-5-7-13(14)8-6-12/h5-8,11,16H,2-4,10H2,1H3. The molecule has 0 aliphatic heterocycles. The Morgan fingerprint density at radius 1 is 1.31 bits per heavy atom. The van der Waals surface area contributed by atoms with Gasteiger partial charge in [0.1, 0.15) is 0 Å². The van der Waals surface area contributed by atoms with E-state index in [0.29, 0.717) is 12.5 Å². The summed E-state index contributed by atoms with van der Waals surface area (Å²) in [4.78, 5) is 0. The van der Waals surface area contributed by atoms with E-state index in [1.54, 1.807) is 0 Å². The summed E-state index contributed by atoms with van der Waals surface area (Å²) >= 11 is 3.42. The van der Waals surface area contributed by atoms with Gasteiger partial charge in [0.25, 0.3) is 0 Å². The van der Waals surface area contributed by atoms with Gasteiger partial charge in [-0.05, 0) is 44.0 Å². The van der Waals surface area contributed by atoms with Gasteiger partial charge >= 0.3 is 0 Å². The summed E-state index contributed by atoms with van der Waals surface area (Å²) in [6, 6.07) is 10.9. The maximum Gasteiger partial charge on any atom is 0.0621 e. The van der Waals surface area contributed by atoms with Gasteiger partial charge in [0.05, 0.1) is 6.07 Å². The molecule has 0 aliphatic carbocycles. The van der Waals surface area contributed by atoms with E-state index in [2.05, 4.69) is 58.5 Å². The molecule has 0 amide bonds. The predicted octanol–water partition coefficient (Wildman–Crippen LogP) is 3.79. The molecule has 86 valence electrons. The van der Waals surface area contributed by atoms with Gasteiger partial charge in [0.2, 0.25) is 0 Å². The van der Waals surface area contributed by atoms with Crippen molar-refractivity contribution in [3.05, 3.63) is 34.3 Å². The fourth-order valence-corrected chi connectivity index (χ4v) is 1.78. The molecule has 3 heteroatoms. The molecular weight excluding hydrogens is 264 g/mol. The van der Waals surface area contributed by atoms with Crippen LogP contribution in [0.2, 0.25) is 0 Å². The Morgan fingerprint density at radius 2 is 2.00 bits per heavy atom. The molecule has 0 aromatic heterocycles. The van der Waals surface area contributed by atoms with Gasteiger partial charge in [-0.2, -0.15) is 5.26 Å². The number of hydrogen-bond donors (Lipinski definition) is 1. The van der Waals surface area contributed by atoms with Crippen molar-refractivity contribution >= 4 is 15.9 Å². The van der Waals surface area contributed by atoms with Gasteiger partial charge in [-0.25, -0.2) is 0 Å². The van der Waals surface area contributed by atoms with Gasteiger partial charge in [0.15, 0.2) is 0 Å². The van der Waals surface area contributed by atoms with Crippen molar-refractivity contribution in [3.63, 3.8) is 0 Å². The molecular formula is C13H17BrN2. The van der Waals surface area contributed by atoms with Crippen molar-refractivity contribution in [2.45, 2.75) is 32.2 Å². The normalized spacial score (nSPS) is 12.1. The van der Waals surface area contributed by atoms with Crippen LogP contribution in [0.25, 0.3) is 0 Å². The van der Waals surface area contributed by atoms with Crippen molar-refractivity contribution < 1.29 is 0 Å². The fraction of sp³-hybridized carbons (Fsp3) is 0.462. The van der Waals surface area contributed by atoms with Gasteiger partial charge in [-0.1, -0.05) is 28.1 Å². The van der Waals surface area contributed by atoms with E-state index in [1.165, 1.54) is 5.56 Å². The number of unbranched alkanes of at least 4 members (excludes halogenated alkanes) is 2. The molecule has 1 aromatic carbocycles. The number of benzene rings is 1. The molecule has 0 saturated carbocycles. The Bertz CT molecular complexity index is 340. The quantitative estimate of drug-likeness (QED) is 0.805. The Morgan fingerprint density at radius 3 is 2.62 bits per heavy atom. The number of hydrogen-bond acceptors (Lipinski definition) is 2. The third-order valence-electron chi connectivity index (χ3n) is 2.54. The second kappa shape index (κ2) is 7.43. The van der Waals surface area contributed by atoms with Gasteiger partial charge < -0.3 is 5.32 Å². The molecule has 0 saturated heterocycles. The number of rotatable bonds is 6. The zero-order valence-corrected chi connectivity index (χ0v) is 11.1. The second-order valence-corrected chi connectivity index (χ2v) is 4.76. The minimum Gasteiger partial charge on any atom is -0.310 e. The van der Waals surface area contributed by atoms with Crippen molar-refractivity contribution in [2.24, 2.45) is 0 Å². The van der Waals surface area contributed by atoms with E-state index < -0.39 is 0 Å². The summed E-state index contributed by atoms with van der Waals surface area (Å²) < 4.78 is 1.11. The summed E-state index contributed by atoms with van der Waals surface area (Å²) in [5.74, 6) is 0. The van der Waals surface area contributed by atoms with E-state index in [0.717, 1.165) is 23.9 Å². The summed E-state index contributed by atoms with van der Waals surface area (Å²) in [7, 11) is 0. The number of nitrogens with zero attached hydrogens (tertiary/aromatic N) is 1. The average Bonchev–Trinajstić information content (AvgIpc) is 2.29. The van der Waals surface area contributed by atoms with E-state index in [-0.39, 0.29) is 0 Å². The Hall–Kier alpha value is -0.850. The first kappa shape index (κ1) is 13.2. The van der Waals surface area contributed by atoms with E-state index >= 15 is 0 Å². The van der Waals surface area contributed by atoms with Crippen molar-refractivity contribution in [3.8, 4) is 6.07 Å². The van der Waals surface area contributed by atoms with Crippen LogP contribution in [-0.2, 0) is 0 Å². The highest BCUT2D eigenvalue weighted by atomic mass is 79.9. The van der Waals surface area contributed by atoms with Gasteiger partial charge in [-0.15, -0.1) is 0 Å². The third kappa shape index (κ3) is 4.78. The van der Waals surface area contributed by atoms with Gasteiger partial charge in [0, 0.05) is 16.9 Å². The smallest absolute Gasteiger partial charge is 0.0621 e. The number of nitriles is 1. The number of halogens is 1. The van der Waals surface area contributed by atoms with Crippen LogP contribution in [0.3, 0.4) is 0 Å². The predicted molar refractivity (Wildman–Crippen MR) is 70.0 cm³/mol. The number of nitrogens with one attached hydrogen (secondary N) is 1. The van der Waals surface area contributed by atoms with Crippen LogP contribution < -0.4 is 5.32 Å². The highest BCUT2D eigenvalue weighted by molar-refractivity contribution is 9.10. The Balaban J connectivity index is 2.27. The lowest BCUT2D eigenvalue weighted by Gasteiger charge is -2.13. The molecule has 0 fully saturated rings. The molecule has 0 aliphatic rings. The topological polar surface area (TPSA) is 35.8 Å². The van der Waals surface area contributed by atoms with Crippen LogP contribution >= 0.6 is 15.9 Å². The van der Waals surface area contributed by atoms with E-state index in [4.69, 9.17) is 5.26 Å². The Labute approximate surface area is 106 Å². The molecule has 0 radical (unpaired) electrons. The second-order valence-electron chi connectivity index (χ2n) is 3.84. The molecule has 0 heterocycles. The first-order chi connectivity index (χ1) is 7.74.